The summed E-state index contributed by atoms with van der Waals surface area (Å²) in [6, 6.07) is -1.86. The van der Waals surface area contributed by atoms with Gasteiger partial charge in [0, 0.05) is 19.8 Å². The highest BCUT2D eigenvalue weighted by atomic mass is 16.6. The maximum Gasteiger partial charge on any atom is 0.377 e. The van der Waals surface area contributed by atoms with Crippen LogP contribution >= 0.6 is 0 Å². The number of rotatable bonds is 6. The molecule has 2 radical (unpaired) electrons. The number of carbonyl (C=O) groups is 5. The van der Waals surface area contributed by atoms with Gasteiger partial charge in [0.05, 0.1) is 12.7 Å². The number of hydrogen-bond acceptors (Lipinski definition) is 10. The van der Waals surface area contributed by atoms with E-state index in [1.807, 2.05) is 0 Å². The van der Waals surface area contributed by atoms with Crippen LogP contribution in [0.3, 0.4) is 0 Å². The average Bonchev–Trinajstić information content (AvgIpc) is 3.03. The second-order valence-electron chi connectivity index (χ2n) is 4.96. The van der Waals surface area contributed by atoms with Crippen molar-refractivity contribution < 1.29 is 38.2 Å². The van der Waals surface area contributed by atoms with Gasteiger partial charge >= 0.3 is 17.8 Å². The van der Waals surface area contributed by atoms with Gasteiger partial charge in [0.25, 0.3) is 11.6 Å². The molecule has 3 unspecified atom stereocenters. The number of nitrogens with zero attached hydrogens (tertiary/aromatic N) is 3. The topological polar surface area (TPSA) is 141 Å². The molecule has 0 aromatic rings. The Morgan fingerprint density at radius 2 is 1.96 bits per heavy atom. The lowest BCUT2D eigenvalue weighted by Crippen LogP contribution is -2.50. The smallest absolute Gasteiger partial charge is 0.377 e. The van der Waals surface area contributed by atoms with Crippen molar-refractivity contribution in [2.75, 3.05) is 13.2 Å². The van der Waals surface area contributed by atoms with E-state index in [9.17, 15) is 24.0 Å². The Labute approximate surface area is 142 Å². The van der Waals surface area contributed by atoms with E-state index in [1.165, 1.54) is 26.7 Å². The van der Waals surface area contributed by atoms with Crippen molar-refractivity contribution in [1.82, 2.24) is 5.01 Å². The van der Waals surface area contributed by atoms with Crippen LogP contribution in [0.4, 0.5) is 0 Å². The molecule has 0 spiro atoms. The van der Waals surface area contributed by atoms with E-state index < -0.39 is 47.8 Å². The molecule has 11 heteroatoms. The molecule has 2 aliphatic heterocycles. The van der Waals surface area contributed by atoms with Crippen LogP contribution < -0.4 is 0 Å². The summed E-state index contributed by atoms with van der Waals surface area (Å²) < 4.78 is 14.6. The first kappa shape index (κ1) is 18.6. The normalized spacial score (nSPS) is 25.8. The van der Waals surface area contributed by atoms with Crippen molar-refractivity contribution in [2.24, 2.45) is 10.3 Å². The molecule has 3 atom stereocenters. The number of carbonyl (C=O) groups excluding carboxylic acids is 5. The van der Waals surface area contributed by atoms with E-state index in [0.29, 0.717) is 5.01 Å². The van der Waals surface area contributed by atoms with E-state index in [1.54, 1.807) is 0 Å². The number of ether oxygens (including phenoxy) is 3. The fourth-order valence-electron chi connectivity index (χ4n) is 2.00. The van der Waals surface area contributed by atoms with Crippen LogP contribution in [0.5, 0.6) is 0 Å². The Kier molecular flexibility index (Phi) is 5.91. The van der Waals surface area contributed by atoms with Gasteiger partial charge in [-0.1, -0.05) is 5.22 Å². The molecular weight excluding hydrogens is 338 g/mol. The summed E-state index contributed by atoms with van der Waals surface area (Å²) in [4.78, 5) is 58.0. The van der Waals surface area contributed by atoms with Gasteiger partial charge in [0.15, 0.2) is 6.23 Å². The van der Waals surface area contributed by atoms with Crippen molar-refractivity contribution in [3.8, 4) is 0 Å². The molecule has 0 bridgehead atoms. The zero-order valence-corrected chi connectivity index (χ0v) is 13.4. The lowest BCUT2D eigenvalue weighted by Gasteiger charge is -2.25. The van der Waals surface area contributed by atoms with Gasteiger partial charge in [0.1, 0.15) is 6.61 Å². The fourth-order valence-corrected chi connectivity index (χ4v) is 2.00. The van der Waals surface area contributed by atoms with Gasteiger partial charge in [0.2, 0.25) is 6.04 Å². The third kappa shape index (κ3) is 4.24. The Hall–Kier alpha value is -2.69. The van der Waals surface area contributed by atoms with Crippen LogP contribution in [0.2, 0.25) is 0 Å². The lowest BCUT2D eigenvalue weighted by atomic mass is 10.1. The van der Waals surface area contributed by atoms with Crippen LogP contribution in [0.25, 0.3) is 0 Å². The van der Waals surface area contributed by atoms with Gasteiger partial charge in [-0.05, 0) is 6.92 Å². The summed E-state index contributed by atoms with van der Waals surface area (Å²) in [6.45, 7) is 2.59. The predicted octanol–water partition coefficient (Wildman–Crippen LogP) is -1.04. The SMILES string of the molecule is CCOC(=O)C(=O)C1N=NN(C2[CH][CH]C(COC(C)=O)O2)C(=O)C1=O. The van der Waals surface area contributed by atoms with Crippen molar-refractivity contribution in [1.29, 1.82) is 0 Å². The highest BCUT2D eigenvalue weighted by molar-refractivity contribution is 6.50. The molecule has 2 rings (SSSR count). The molecule has 1 amide bonds. The molecule has 0 aliphatic carbocycles. The summed E-state index contributed by atoms with van der Waals surface area (Å²) in [5.74, 6) is -5.39. The lowest BCUT2D eigenvalue weighted by molar-refractivity contribution is -0.163. The zero-order chi connectivity index (χ0) is 18.6. The van der Waals surface area contributed by atoms with E-state index in [-0.39, 0.29) is 13.2 Å². The highest BCUT2D eigenvalue weighted by Crippen LogP contribution is 2.24. The van der Waals surface area contributed by atoms with Crippen LogP contribution in [0.15, 0.2) is 10.3 Å². The minimum atomic E-state index is -1.86. The van der Waals surface area contributed by atoms with Crippen LogP contribution in [-0.4, -0.2) is 66.0 Å². The molecule has 11 nitrogen and oxygen atoms in total. The number of Topliss-reactive ketones (excluding diaryl/α,β-unsaturated/α-hetero) is 2. The fraction of sp³-hybridized carbons (Fsp3) is 0.500. The predicted molar refractivity (Wildman–Crippen MR) is 76.0 cm³/mol. The average molecular weight is 353 g/mol. The maximum absolute atomic E-state index is 12.1. The van der Waals surface area contributed by atoms with Crippen molar-refractivity contribution in [2.45, 2.75) is 32.2 Å². The molecule has 2 heterocycles. The van der Waals surface area contributed by atoms with Gasteiger partial charge in [-0.15, -0.1) is 5.11 Å². The molecule has 1 fully saturated rings. The van der Waals surface area contributed by atoms with Crippen molar-refractivity contribution in [3.63, 3.8) is 0 Å². The maximum atomic E-state index is 12.1. The van der Waals surface area contributed by atoms with E-state index in [4.69, 9.17) is 9.47 Å². The minimum absolute atomic E-state index is 0.0624. The van der Waals surface area contributed by atoms with Crippen molar-refractivity contribution >= 4 is 29.4 Å². The molecular formula is C14H15N3O8. The summed E-state index contributed by atoms with van der Waals surface area (Å²) in [5, 5.41) is 7.55. The summed E-state index contributed by atoms with van der Waals surface area (Å²) in [7, 11) is 0. The molecule has 0 saturated carbocycles. The minimum Gasteiger partial charge on any atom is -0.463 e. The molecule has 2 aliphatic rings. The summed E-state index contributed by atoms with van der Waals surface area (Å²) in [6.07, 6.45) is 1.29. The molecule has 0 N–H and O–H groups in total. The summed E-state index contributed by atoms with van der Waals surface area (Å²) >= 11 is 0. The quantitative estimate of drug-likeness (QED) is 0.335. The molecule has 1 saturated heterocycles. The number of ketones is 2. The second kappa shape index (κ2) is 7.92. The van der Waals surface area contributed by atoms with Gasteiger partial charge < -0.3 is 14.2 Å². The highest BCUT2D eigenvalue weighted by Gasteiger charge is 2.45. The second-order valence-corrected chi connectivity index (χ2v) is 4.96. The molecule has 0 aromatic heterocycles. The van der Waals surface area contributed by atoms with Crippen LogP contribution in [0, 0.1) is 12.8 Å². The number of esters is 2. The zero-order valence-electron chi connectivity index (χ0n) is 13.4. The van der Waals surface area contributed by atoms with Crippen molar-refractivity contribution in [3.05, 3.63) is 12.8 Å². The van der Waals surface area contributed by atoms with Gasteiger partial charge in [-0.25, -0.2) is 4.79 Å². The number of amides is 1. The third-order valence-corrected chi connectivity index (χ3v) is 3.15. The first-order valence-electron chi connectivity index (χ1n) is 7.31. The van der Waals surface area contributed by atoms with E-state index in [0.717, 1.165) is 0 Å². The van der Waals surface area contributed by atoms with Crippen LogP contribution in [0.1, 0.15) is 13.8 Å². The first-order chi connectivity index (χ1) is 11.8. The Morgan fingerprint density at radius 3 is 2.60 bits per heavy atom. The Bertz CT molecular complexity index is 632. The van der Waals surface area contributed by atoms with Crippen LogP contribution in [-0.2, 0) is 38.2 Å². The van der Waals surface area contributed by atoms with Gasteiger partial charge in [-0.2, -0.15) is 5.01 Å². The molecule has 25 heavy (non-hydrogen) atoms. The van der Waals surface area contributed by atoms with E-state index in [2.05, 4.69) is 15.1 Å². The monoisotopic (exact) mass is 353 g/mol. The molecule has 134 valence electrons. The Balaban J connectivity index is 2.01. The third-order valence-electron chi connectivity index (χ3n) is 3.15. The Morgan fingerprint density at radius 1 is 1.24 bits per heavy atom. The molecule has 0 aromatic carbocycles. The van der Waals surface area contributed by atoms with Gasteiger partial charge in [-0.3, -0.25) is 19.2 Å². The largest absolute Gasteiger partial charge is 0.463 e. The standard InChI is InChI=1S/C14H15N3O8/c1-3-23-14(22)12(20)10-11(19)13(21)17(16-15-10)9-5-4-8(25-9)6-24-7(2)18/h4-5,8-10H,3,6H2,1-2H3. The number of hydrogen-bond donors (Lipinski definition) is 0. The summed E-state index contributed by atoms with van der Waals surface area (Å²) in [5.41, 5.74) is 0. The van der Waals surface area contributed by atoms with E-state index >= 15 is 0 Å². The first-order valence-corrected chi connectivity index (χ1v) is 7.31.